The third kappa shape index (κ3) is 8.88. The largest absolute Gasteiger partial charge is 0.508 e. The summed E-state index contributed by atoms with van der Waals surface area (Å²) in [6.07, 6.45) is 2.19. The molecule has 0 aromatic heterocycles. The molecule has 0 spiro atoms. The number of hydrogen-bond donors (Lipinski definition) is 3. The molecule has 1 aromatic rings. The van der Waals surface area contributed by atoms with Crippen LogP contribution in [0.5, 0.6) is 5.75 Å². The Labute approximate surface area is 204 Å². The summed E-state index contributed by atoms with van der Waals surface area (Å²) in [7, 11) is 0. The van der Waals surface area contributed by atoms with E-state index in [2.05, 4.69) is 17.6 Å². The Morgan fingerprint density at radius 1 is 1.12 bits per heavy atom. The fourth-order valence-electron chi connectivity index (χ4n) is 3.60. The molecule has 0 aliphatic heterocycles. The fourth-order valence-corrected chi connectivity index (χ4v) is 3.60. The highest BCUT2D eigenvalue weighted by Crippen LogP contribution is 2.27. The topological polar surface area (TPSA) is 108 Å². The molecule has 2 atom stereocenters. The zero-order chi connectivity index (χ0) is 26.1. The lowest BCUT2D eigenvalue weighted by molar-refractivity contribution is -0.143. The summed E-state index contributed by atoms with van der Waals surface area (Å²) in [5, 5.41) is 15.6. The van der Waals surface area contributed by atoms with E-state index < -0.39 is 23.8 Å². The number of hydrogen-bond acceptors (Lipinski definition) is 5. The van der Waals surface area contributed by atoms with E-state index >= 15 is 0 Å². The molecule has 0 fully saturated rings. The maximum atomic E-state index is 13.7. The van der Waals surface area contributed by atoms with Crippen molar-refractivity contribution in [3.8, 4) is 5.75 Å². The summed E-state index contributed by atoms with van der Waals surface area (Å²) < 4.78 is 5.35. The van der Waals surface area contributed by atoms with Crippen LogP contribution in [-0.2, 0) is 14.3 Å². The average molecular weight is 478 g/mol. The first kappa shape index (κ1) is 29.3. The number of aryl methyl sites for hydroxylation is 1. The van der Waals surface area contributed by atoms with Crippen molar-refractivity contribution < 1.29 is 24.2 Å². The number of benzene rings is 1. The van der Waals surface area contributed by atoms with Crippen LogP contribution < -0.4 is 10.6 Å². The van der Waals surface area contributed by atoms with E-state index in [0.29, 0.717) is 17.7 Å². The first-order valence-electron chi connectivity index (χ1n) is 12.2. The summed E-state index contributed by atoms with van der Waals surface area (Å²) in [6.45, 7) is 15.3. The predicted octanol–water partition coefficient (Wildman–Crippen LogP) is 4.45. The quantitative estimate of drug-likeness (QED) is 0.408. The van der Waals surface area contributed by atoms with Gasteiger partial charge >= 0.3 is 6.09 Å². The van der Waals surface area contributed by atoms with Crippen LogP contribution in [0.25, 0.3) is 0 Å². The minimum absolute atomic E-state index is 0.117. The van der Waals surface area contributed by atoms with Gasteiger partial charge in [-0.2, -0.15) is 0 Å². The number of amides is 3. The van der Waals surface area contributed by atoms with Gasteiger partial charge in [0.2, 0.25) is 11.8 Å². The number of unbranched alkanes of at least 4 members (excludes halogenated alkanes) is 2. The number of phenolic OH excluding ortho intramolecular Hbond substituents is 1. The number of ether oxygens (including phenoxy) is 1. The molecule has 34 heavy (non-hydrogen) atoms. The first-order chi connectivity index (χ1) is 15.8. The van der Waals surface area contributed by atoms with Gasteiger partial charge in [-0.05, 0) is 70.2 Å². The number of aromatic hydroxyl groups is 1. The number of alkyl carbamates (subject to hydrolysis) is 1. The van der Waals surface area contributed by atoms with Gasteiger partial charge in [-0.25, -0.2) is 4.79 Å². The Morgan fingerprint density at radius 3 is 2.26 bits per heavy atom. The van der Waals surface area contributed by atoms with Crippen molar-refractivity contribution in [2.75, 3.05) is 13.1 Å². The van der Waals surface area contributed by atoms with Crippen molar-refractivity contribution in [2.45, 2.75) is 92.3 Å². The second-order valence-electron chi connectivity index (χ2n) is 9.94. The van der Waals surface area contributed by atoms with Crippen LogP contribution >= 0.6 is 0 Å². The Kier molecular flexibility index (Phi) is 11.4. The van der Waals surface area contributed by atoms with E-state index in [1.54, 1.807) is 46.8 Å². The van der Waals surface area contributed by atoms with Crippen molar-refractivity contribution >= 4 is 17.9 Å². The maximum absolute atomic E-state index is 13.7. The molecular formula is C26H43N3O5. The molecule has 0 aliphatic rings. The lowest BCUT2D eigenvalue weighted by atomic mass is 9.97. The van der Waals surface area contributed by atoms with E-state index in [4.69, 9.17) is 4.74 Å². The van der Waals surface area contributed by atoms with Gasteiger partial charge in [-0.15, -0.1) is 0 Å². The van der Waals surface area contributed by atoms with E-state index in [1.165, 1.54) is 11.0 Å². The zero-order valence-corrected chi connectivity index (χ0v) is 22.0. The summed E-state index contributed by atoms with van der Waals surface area (Å²) in [6, 6.07) is 3.12. The second kappa shape index (κ2) is 13.2. The molecule has 192 valence electrons. The van der Waals surface area contributed by atoms with Gasteiger partial charge in [0.05, 0.1) is 0 Å². The van der Waals surface area contributed by atoms with Gasteiger partial charge in [0, 0.05) is 13.1 Å². The second-order valence-corrected chi connectivity index (χ2v) is 9.94. The van der Waals surface area contributed by atoms with Crippen LogP contribution in [0.15, 0.2) is 18.2 Å². The fraction of sp³-hybridized carbons (Fsp3) is 0.654. The van der Waals surface area contributed by atoms with Gasteiger partial charge in [0.1, 0.15) is 23.4 Å². The van der Waals surface area contributed by atoms with Crippen LogP contribution in [0.2, 0.25) is 0 Å². The van der Waals surface area contributed by atoms with Gasteiger partial charge in [0.15, 0.2) is 0 Å². The number of phenols is 1. The van der Waals surface area contributed by atoms with E-state index in [9.17, 15) is 19.5 Å². The molecule has 3 amide bonds. The summed E-state index contributed by atoms with van der Waals surface area (Å²) in [5.74, 6) is -0.783. The highest BCUT2D eigenvalue weighted by Gasteiger charge is 2.36. The summed E-state index contributed by atoms with van der Waals surface area (Å²) in [4.78, 5) is 40.9. The SMILES string of the molecule is CCCCCNC(=O)C(c1ccc(O)c(C)c1)N(CC)C(=O)C(NC(=O)OC(C)(C)C)C(C)C. The van der Waals surface area contributed by atoms with Crippen molar-refractivity contribution in [1.29, 1.82) is 0 Å². The molecule has 0 bridgehead atoms. The third-order valence-corrected chi connectivity index (χ3v) is 5.40. The molecule has 0 aliphatic carbocycles. The number of carbonyl (C=O) groups excluding carboxylic acids is 3. The van der Waals surface area contributed by atoms with E-state index in [0.717, 1.165) is 19.3 Å². The Morgan fingerprint density at radius 2 is 1.76 bits per heavy atom. The number of likely N-dealkylation sites (N-methyl/N-ethyl adjacent to an activating group) is 1. The van der Waals surface area contributed by atoms with Gasteiger partial charge in [-0.1, -0.05) is 39.7 Å². The number of carbonyl (C=O) groups is 3. The van der Waals surface area contributed by atoms with Gasteiger partial charge < -0.3 is 25.4 Å². The van der Waals surface area contributed by atoms with Crippen LogP contribution in [0.4, 0.5) is 4.79 Å². The van der Waals surface area contributed by atoms with Crippen LogP contribution in [0.1, 0.15) is 84.9 Å². The van der Waals surface area contributed by atoms with E-state index in [-0.39, 0.29) is 30.0 Å². The molecule has 3 N–H and O–H groups in total. The summed E-state index contributed by atoms with van der Waals surface area (Å²) >= 11 is 0. The highest BCUT2D eigenvalue weighted by molar-refractivity contribution is 5.92. The van der Waals surface area contributed by atoms with E-state index in [1.807, 2.05) is 13.8 Å². The first-order valence-corrected chi connectivity index (χ1v) is 12.2. The smallest absolute Gasteiger partial charge is 0.408 e. The lowest BCUT2D eigenvalue weighted by Gasteiger charge is -2.35. The zero-order valence-electron chi connectivity index (χ0n) is 22.0. The maximum Gasteiger partial charge on any atom is 0.408 e. The van der Waals surface area contributed by atoms with Crippen molar-refractivity contribution in [3.05, 3.63) is 29.3 Å². The molecule has 0 heterocycles. The number of nitrogens with zero attached hydrogens (tertiary/aromatic N) is 1. The number of rotatable bonds is 11. The molecule has 0 saturated carbocycles. The third-order valence-electron chi connectivity index (χ3n) is 5.40. The Balaban J connectivity index is 3.30. The van der Waals surface area contributed by atoms with Crippen molar-refractivity contribution in [3.63, 3.8) is 0 Å². The monoisotopic (exact) mass is 477 g/mol. The molecule has 0 radical (unpaired) electrons. The van der Waals surface area contributed by atoms with Crippen LogP contribution in [0.3, 0.4) is 0 Å². The molecular weight excluding hydrogens is 434 g/mol. The van der Waals surface area contributed by atoms with Gasteiger partial charge in [-0.3, -0.25) is 9.59 Å². The lowest BCUT2D eigenvalue weighted by Crippen LogP contribution is -2.54. The molecule has 1 aromatic carbocycles. The average Bonchev–Trinajstić information content (AvgIpc) is 2.73. The van der Waals surface area contributed by atoms with Crippen LogP contribution in [0, 0.1) is 12.8 Å². The normalized spacial score (nSPS) is 13.2. The molecule has 1 rings (SSSR count). The molecule has 0 saturated heterocycles. The summed E-state index contributed by atoms with van der Waals surface area (Å²) in [5.41, 5.74) is 0.499. The Bertz CT molecular complexity index is 832. The van der Waals surface area contributed by atoms with Crippen molar-refractivity contribution in [2.24, 2.45) is 5.92 Å². The highest BCUT2D eigenvalue weighted by atomic mass is 16.6. The molecule has 2 unspecified atom stereocenters. The minimum Gasteiger partial charge on any atom is -0.508 e. The predicted molar refractivity (Wildman–Crippen MR) is 134 cm³/mol. The molecule has 8 nitrogen and oxygen atoms in total. The minimum atomic E-state index is -0.903. The van der Waals surface area contributed by atoms with Gasteiger partial charge in [0.25, 0.3) is 0 Å². The van der Waals surface area contributed by atoms with Crippen LogP contribution in [-0.4, -0.2) is 52.6 Å². The van der Waals surface area contributed by atoms with Crippen molar-refractivity contribution in [1.82, 2.24) is 15.5 Å². The Hall–Kier alpha value is -2.77. The molecule has 8 heteroatoms. The standard InChI is InChI=1S/C26H43N3O5/c1-9-11-12-15-27-23(31)22(19-13-14-20(30)18(5)16-19)29(10-2)24(32)21(17(3)4)28-25(33)34-26(6,7)8/h13-14,16-17,21-22,30H,9-12,15H2,1-8H3,(H,27,31)(H,28,33). The number of nitrogens with one attached hydrogen (secondary N) is 2.